The molecule has 0 aliphatic carbocycles. The molecule has 1 aliphatic rings. The number of nitrogens with zero attached hydrogens (tertiary/aromatic N) is 1. The summed E-state index contributed by atoms with van der Waals surface area (Å²) in [6.07, 6.45) is 7.70. The van der Waals surface area contributed by atoms with Crippen molar-refractivity contribution in [3.63, 3.8) is 0 Å². The smallest absolute Gasteiger partial charge is 0.0791 e. The highest BCUT2D eigenvalue weighted by atomic mass is 35.5. The maximum absolute atomic E-state index is 6.13. The largest absolute Gasteiger partial charge is 0.357 e. The first-order valence-corrected chi connectivity index (χ1v) is 6.78. The molecule has 0 fully saturated rings. The lowest BCUT2D eigenvalue weighted by molar-refractivity contribution is 1.16. The van der Waals surface area contributed by atoms with Crippen molar-refractivity contribution < 1.29 is 0 Å². The van der Waals surface area contributed by atoms with Gasteiger partial charge in [-0.2, -0.15) is 0 Å². The molecule has 20 heavy (non-hydrogen) atoms. The van der Waals surface area contributed by atoms with Crippen molar-refractivity contribution >= 4 is 23.0 Å². The van der Waals surface area contributed by atoms with Crippen LogP contribution >= 0.6 is 11.6 Å². The van der Waals surface area contributed by atoms with Gasteiger partial charge in [0, 0.05) is 27.5 Å². The van der Waals surface area contributed by atoms with Gasteiger partial charge in [-0.3, -0.25) is 4.99 Å². The summed E-state index contributed by atoms with van der Waals surface area (Å²) in [6.45, 7) is 10.2. The summed E-state index contributed by atoms with van der Waals surface area (Å²) < 4.78 is 0. The molecule has 2 nitrogen and oxygen atoms in total. The highest BCUT2D eigenvalue weighted by molar-refractivity contribution is 6.31. The lowest BCUT2D eigenvalue weighted by atomic mass is 9.99. The predicted molar refractivity (Wildman–Crippen MR) is 88.7 cm³/mol. The molecule has 0 amide bonds. The van der Waals surface area contributed by atoms with Gasteiger partial charge in [-0.25, -0.2) is 0 Å². The molecule has 1 aromatic rings. The lowest BCUT2D eigenvalue weighted by Crippen LogP contribution is -2.05. The van der Waals surface area contributed by atoms with E-state index in [0.717, 1.165) is 28.2 Å². The Morgan fingerprint density at radius 2 is 2.25 bits per heavy atom. The van der Waals surface area contributed by atoms with Gasteiger partial charge in [-0.1, -0.05) is 49.1 Å². The Morgan fingerprint density at radius 3 is 2.95 bits per heavy atom. The predicted octanol–water partition coefficient (Wildman–Crippen LogP) is 4.76. The Hall–Kier alpha value is -2.06. The van der Waals surface area contributed by atoms with Gasteiger partial charge < -0.3 is 5.32 Å². The number of fused-ring (bicyclic) bond motifs is 1. The fraction of sp³-hybridized carbons (Fsp3) is 0.118. The van der Waals surface area contributed by atoms with Crippen molar-refractivity contribution in [2.75, 3.05) is 11.9 Å². The summed E-state index contributed by atoms with van der Waals surface area (Å²) in [7, 11) is 0. The SMILES string of the molecule is C=C/C=C(\C=C/C)C1=NCC(=C)Nc2ccc(Cl)cc21. The molecule has 0 saturated heterocycles. The van der Waals surface area contributed by atoms with E-state index in [1.54, 1.807) is 6.08 Å². The van der Waals surface area contributed by atoms with Crippen LogP contribution in [0.25, 0.3) is 0 Å². The zero-order valence-corrected chi connectivity index (χ0v) is 12.2. The molecule has 0 unspecified atom stereocenters. The molecule has 1 aliphatic heterocycles. The topological polar surface area (TPSA) is 24.4 Å². The molecule has 0 aromatic heterocycles. The van der Waals surface area contributed by atoms with Crippen LogP contribution in [0, 0.1) is 0 Å². The zero-order chi connectivity index (χ0) is 14.5. The van der Waals surface area contributed by atoms with E-state index < -0.39 is 0 Å². The summed E-state index contributed by atoms with van der Waals surface area (Å²) in [5, 5.41) is 3.96. The Morgan fingerprint density at radius 1 is 1.45 bits per heavy atom. The Labute approximate surface area is 124 Å². The van der Waals surface area contributed by atoms with Gasteiger partial charge in [0.15, 0.2) is 0 Å². The van der Waals surface area contributed by atoms with Crippen LogP contribution in [0.4, 0.5) is 5.69 Å². The van der Waals surface area contributed by atoms with Gasteiger partial charge >= 0.3 is 0 Å². The normalized spacial score (nSPS) is 15.4. The minimum absolute atomic E-state index is 0.535. The average molecular weight is 285 g/mol. The maximum atomic E-state index is 6.13. The van der Waals surface area contributed by atoms with E-state index in [2.05, 4.69) is 23.5 Å². The molecular weight excluding hydrogens is 268 g/mol. The van der Waals surface area contributed by atoms with Gasteiger partial charge in [-0.05, 0) is 25.1 Å². The third kappa shape index (κ3) is 3.09. The number of benzodiazepines with no additional fused rings is 1. The lowest BCUT2D eigenvalue weighted by Gasteiger charge is -2.11. The highest BCUT2D eigenvalue weighted by Gasteiger charge is 2.16. The molecular formula is C17H17ClN2. The quantitative estimate of drug-likeness (QED) is 0.795. The molecule has 1 aromatic carbocycles. The first-order valence-electron chi connectivity index (χ1n) is 6.40. The number of nitrogens with one attached hydrogen (secondary N) is 1. The molecule has 0 atom stereocenters. The molecule has 0 radical (unpaired) electrons. The molecule has 3 heteroatoms. The second-order valence-electron chi connectivity index (χ2n) is 4.44. The summed E-state index contributed by atoms with van der Waals surface area (Å²) in [5.41, 5.74) is 4.70. The number of rotatable bonds is 3. The average Bonchev–Trinajstić information content (AvgIpc) is 2.57. The van der Waals surface area contributed by atoms with Crippen LogP contribution in [0.3, 0.4) is 0 Å². The van der Waals surface area contributed by atoms with E-state index in [1.165, 1.54) is 0 Å². The van der Waals surface area contributed by atoms with Crippen molar-refractivity contribution in [1.29, 1.82) is 0 Å². The van der Waals surface area contributed by atoms with Crippen LogP contribution in [-0.2, 0) is 0 Å². The number of halogens is 1. The zero-order valence-electron chi connectivity index (χ0n) is 11.5. The summed E-state index contributed by atoms with van der Waals surface area (Å²) in [5.74, 6) is 0. The van der Waals surface area contributed by atoms with Crippen LogP contribution in [0.5, 0.6) is 0 Å². The monoisotopic (exact) mass is 284 g/mol. The van der Waals surface area contributed by atoms with E-state index >= 15 is 0 Å². The summed E-state index contributed by atoms with van der Waals surface area (Å²) in [6, 6.07) is 5.72. The number of aliphatic imine (C=N–C) groups is 1. The Bertz CT molecular complexity index is 636. The number of allylic oxidation sites excluding steroid dienone is 5. The molecule has 0 saturated carbocycles. The van der Waals surface area contributed by atoms with Crippen molar-refractivity contribution in [3.05, 3.63) is 77.5 Å². The fourth-order valence-corrected chi connectivity index (χ4v) is 2.25. The van der Waals surface area contributed by atoms with Gasteiger partial charge in [-0.15, -0.1) is 0 Å². The van der Waals surface area contributed by atoms with E-state index in [1.807, 2.05) is 43.4 Å². The minimum Gasteiger partial charge on any atom is -0.357 e. The molecule has 1 heterocycles. The standard InChI is InChI=1S/C17H17ClN2/c1-4-6-13(7-5-2)17-15-10-14(18)8-9-16(15)20-12(3)11-19-17/h4-10,20H,1,3,11H2,2H3/b7-5-,13-6+. The van der Waals surface area contributed by atoms with Gasteiger partial charge in [0.2, 0.25) is 0 Å². The first kappa shape index (κ1) is 14.4. The fourth-order valence-electron chi connectivity index (χ4n) is 2.08. The first-order chi connectivity index (χ1) is 9.65. The maximum Gasteiger partial charge on any atom is 0.0791 e. The molecule has 0 bridgehead atoms. The van der Waals surface area contributed by atoms with E-state index in [9.17, 15) is 0 Å². The van der Waals surface area contributed by atoms with Crippen molar-refractivity contribution in [2.24, 2.45) is 4.99 Å². The number of hydrogen-bond acceptors (Lipinski definition) is 2. The summed E-state index contributed by atoms with van der Waals surface area (Å²) >= 11 is 6.13. The van der Waals surface area contributed by atoms with Crippen LogP contribution in [0.15, 0.2) is 71.9 Å². The second kappa shape index (κ2) is 6.40. The Kier molecular flexibility index (Phi) is 4.59. The third-order valence-corrected chi connectivity index (χ3v) is 3.13. The van der Waals surface area contributed by atoms with Gasteiger partial charge in [0.25, 0.3) is 0 Å². The number of anilines is 1. The number of hydrogen-bond donors (Lipinski definition) is 1. The van der Waals surface area contributed by atoms with Crippen LogP contribution in [0.2, 0.25) is 5.02 Å². The molecule has 0 spiro atoms. The van der Waals surface area contributed by atoms with Gasteiger partial charge in [0.05, 0.1) is 12.3 Å². The molecule has 2 rings (SSSR count). The van der Waals surface area contributed by atoms with Crippen molar-refractivity contribution in [1.82, 2.24) is 0 Å². The van der Waals surface area contributed by atoms with Crippen molar-refractivity contribution in [2.45, 2.75) is 6.92 Å². The molecule has 1 N–H and O–H groups in total. The molecule has 102 valence electrons. The van der Waals surface area contributed by atoms with Crippen LogP contribution < -0.4 is 5.32 Å². The second-order valence-corrected chi connectivity index (χ2v) is 4.88. The number of benzene rings is 1. The van der Waals surface area contributed by atoms with Crippen molar-refractivity contribution in [3.8, 4) is 0 Å². The minimum atomic E-state index is 0.535. The Balaban J connectivity index is 2.63. The van der Waals surface area contributed by atoms with Gasteiger partial charge in [0.1, 0.15) is 0 Å². The van der Waals surface area contributed by atoms with Crippen LogP contribution in [-0.4, -0.2) is 12.3 Å². The van der Waals surface area contributed by atoms with Crippen LogP contribution in [0.1, 0.15) is 12.5 Å². The van der Waals surface area contributed by atoms with E-state index in [-0.39, 0.29) is 0 Å². The summed E-state index contributed by atoms with van der Waals surface area (Å²) in [4.78, 5) is 4.65. The third-order valence-electron chi connectivity index (χ3n) is 2.89. The highest BCUT2D eigenvalue weighted by Crippen LogP contribution is 2.27. The van der Waals surface area contributed by atoms with E-state index in [4.69, 9.17) is 11.6 Å². The van der Waals surface area contributed by atoms with E-state index in [0.29, 0.717) is 11.6 Å².